The van der Waals surface area contributed by atoms with Gasteiger partial charge >= 0.3 is 0 Å². The molecule has 0 radical (unpaired) electrons. The lowest BCUT2D eigenvalue weighted by atomic mass is 10.2. The summed E-state index contributed by atoms with van der Waals surface area (Å²) in [5.41, 5.74) is 6.47. The predicted molar refractivity (Wildman–Crippen MR) is 103 cm³/mol. The lowest BCUT2D eigenvalue weighted by Crippen LogP contribution is -2.05. The van der Waals surface area contributed by atoms with Crippen molar-refractivity contribution in [3.63, 3.8) is 0 Å². The molecular weight excluding hydrogens is 458 g/mol. The van der Waals surface area contributed by atoms with E-state index in [0.29, 0.717) is 26.9 Å². The topological polar surface area (TPSA) is 73.4 Å². The highest BCUT2D eigenvalue weighted by atomic mass is 127. The van der Waals surface area contributed by atoms with Gasteiger partial charge in [0, 0.05) is 28.0 Å². The minimum atomic E-state index is 0. The molecule has 5 nitrogen and oxygen atoms in total. The number of rotatable bonds is 4. The molecule has 1 aromatic heterocycles. The van der Waals surface area contributed by atoms with E-state index >= 15 is 0 Å². The molecule has 1 aromatic carbocycles. The summed E-state index contributed by atoms with van der Waals surface area (Å²) in [5.74, 6) is 0.620. The van der Waals surface area contributed by atoms with Crippen LogP contribution in [0, 0.1) is 0 Å². The van der Waals surface area contributed by atoms with E-state index < -0.39 is 0 Å². The van der Waals surface area contributed by atoms with Gasteiger partial charge in [0.2, 0.25) is 5.82 Å². The Morgan fingerprint density at radius 3 is 2.73 bits per heavy atom. The van der Waals surface area contributed by atoms with Gasteiger partial charge in [0.25, 0.3) is 5.88 Å². The zero-order valence-electron chi connectivity index (χ0n) is 11.5. The van der Waals surface area contributed by atoms with Crippen LogP contribution in [0.1, 0.15) is 5.56 Å². The first kappa shape index (κ1) is 19.3. The van der Waals surface area contributed by atoms with E-state index in [-0.39, 0.29) is 30.6 Å². The molecule has 0 amide bonds. The van der Waals surface area contributed by atoms with Crippen LogP contribution in [0.5, 0.6) is 5.88 Å². The molecule has 0 aliphatic carbocycles. The van der Waals surface area contributed by atoms with Gasteiger partial charge in [-0.25, -0.2) is 15.0 Å². The van der Waals surface area contributed by atoms with Crippen LogP contribution in [0.2, 0.25) is 10.0 Å². The number of aromatic nitrogens is 2. The second-order valence-corrected chi connectivity index (χ2v) is 5.53. The lowest BCUT2D eigenvalue weighted by Gasteiger charge is -2.08. The van der Waals surface area contributed by atoms with Gasteiger partial charge in [0.05, 0.1) is 0 Å². The number of hydrogen-bond acceptors (Lipinski definition) is 5. The molecule has 0 aliphatic heterocycles. The van der Waals surface area contributed by atoms with Crippen molar-refractivity contribution in [2.45, 2.75) is 6.61 Å². The van der Waals surface area contributed by atoms with E-state index in [9.17, 15) is 0 Å². The normalized spacial score (nSPS) is 11.0. The van der Waals surface area contributed by atoms with Gasteiger partial charge < -0.3 is 10.5 Å². The van der Waals surface area contributed by atoms with Crippen LogP contribution in [0.4, 0.5) is 5.82 Å². The number of nitrogens with zero attached hydrogens (tertiary/aromatic N) is 3. The summed E-state index contributed by atoms with van der Waals surface area (Å²) in [6, 6.07) is 5.19. The molecule has 0 bridgehead atoms. The fourth-order valence-electron chi connectivity index (χ4n) is 1.43. The first-order valence-corrected chi connectivity index (χ1v) is 7.84. The minimum Gasteiger partial charge on any atom is -0.470 e. The number of hydrogen-bond donors (Lipinski definition) is 1. The average molecular weight is 471 g/mol. The van der Waals surface area contributed by atoms with Crippen LogP contribution in [0.15, 0.2) is 35.6 Å². The monoisotopic (exact) mass is 470 g/mol. The smallest absolute Gasteiger partial charge is 0.260 e. The molecule has 0 fully saturated rings. The first-order chi connectivity index (χ1) is 10.1. The van der Waals surface area contributed by atoms with Gasteiger partial charge in [0.1, 0.15) is 6.61 Å². The molecule has 0 saturated carbocycles. The van der Waals surface area contributed by atoms with Gasteiger partial charge in [-0.05, 0) is 18.4 Å². The molecule has 0 unspecified atom stereocenters. The maximum absolute atomic E-state index is 6.09. The Labute approximate surface area is 159 Å². The second kappa shape index (κ2) is 9.39. The second-order valence-electron chi connectivity index (χ2n) is 3.86. The standard InChI is InChI=1S/C13H12Cl2N4OS.HI/c1-21-13(16)19-11-12(18-5-4-17-11)20-7-8-2-3-9(14)6-10(8)15;/h2-6H,7H2,1H3,(H2,16,17,19);1H. The van der Waals surface area contributed by atoms with Crippen molar-refractivity contribution in [3.05, 3.63) is 46.2 Å². The van der Waals surface area contributed by atoms with Crippen molar-refractivity contribution in [2.24, 2.45) is 10.7 Å². The summed E-state index contributed by atoms with van der Waals surface area (Å²) >= 11 is 13.3. The molecule has 0 saturated heterocycles. The van der Waals surface area contributed by atoms with Crippen LogP contribution in [-0.2, 0) is 6.61 Å². The van der Waals surface area contributed by atoms with Crippen molar-refractivity contribution in [1.29, 1.82) is 0 Å². The Balaban J connectivity index is 0.00000242. The number of aliphatic imine (C=N–C) groups is 1. The number of amidine groups is 1. The van der Waals surface area contributed by atoms with Crippen LogP contribution < -0.4 is 10.5 Å². The molecule has 0 spiro atoms. The third-order valence-electron chi connectivity index (χ3n) is 2.45. The molecular formula is C13H13Cl2IN4OS. The fraction of sp³-hybridized carbons (Fsp3) is 0.154. The van der Waals surface area contributed by atoms with E-state index in [1.807, 2.05) is 6.26 Å². The Bertz CT molecular complexity index is 672. The van der Waals surface area contributed by atoms with Crippen molar-refractivity contribution in [3.8, 4) is 5.88 Å². The van der Waals surface area contributed by atoms with Crippen molar-refractivity contribution in [1.82, 2.24) is 9.97 Å². The Morgan fingerprint density at radius 1 is 1.32 bits per heavy atom. The van der Waals surface area contributed by atoms with E-state index in [2.05, 4.69) is 15.0 Å². The number of ether oxygens (including phenoxy) is 1. The summed E-state index contributed by atoms with van der Waals surface area (Å²) in [5, 5.41) is 1.48. The van der Waals surface area contributed by atoms with E-state index in [1.165, 1.54) is 24.2 Å². The average Bonchev–Trinajstić information content (AvgIpc) is 2.47. The van der Waals surface area contributed by atoms with Crippen LogP contribution in [0.25, 0.3) is 0 Å². The quantitative estimate of drug-likeness (QED) is 0.410. The largest absolute Gasteiger partial charge is 0.470 e. The van der Waals surface area contributed by atoms with Crippen molar-refractivity contribution >= 4 is 69.9 Å². The molecule has 0 aliphatic rings. The number of thioether (sulfide) groups is 1. The minimum absolute atomic E-state index is 0. The fourth-order valence-corrected chi connectivity index (χ4v) is 2.07. The Morgan fingerprint density at radius 2 is 2.05 bits per heavy atom. The number of benzene rings is 1. The lowest BCUT2D eigenvalue weighted by molar-refractivity contribution is 0.294. The van der Waals surface area contributed by atoms with Crippen LogP contribution >= 0.6 is 58.9 Å². The van der Waals surface area contributed by atoms with Gasteiger partial charge in [0.15, 0.2) is 5.17 Å². The summed E-state index contributed by atoms with van der Waals surface area (Å²) in [4.78, 5) is 12.3. The molecule has 1 heterocycles. The van der Waals surface area contributed by atoms with Crippen molar-refractivity contribution < 1.29 is 4.74 Å². The molecule has 22 heavy (non-hydrogen) atoms. The summed E-state index contributed by atoms with van der Waals surface area (Å²) in [6.07, 6.45) is 4.87. The molecule has 9 heteroatoms. The SMILES string of the molecule is CSC(N)=Nc1nccnc1OCc1ccc(Cl)cc1Cl.I. The van der Waals surface area contributed by atoms with E-state index in [0.717, 1.165) is 5.56 Å². The van der Waals surface area contributed by atoms with Gasteiger partial charge in [-0.3, -0.25) is 0 Å². The Hall–Kier alpha value is -0.770. The Kier molecular flexibility index (Phi) is 8.23. The maximum Gasteiger partial charge on any atom is 0.260 e. The third kappa shape index (κ3) is 5.45. The molecule has 118 valence electrons. The molecule has 2 N–H and O–H groups in total. The number of halogens is 3. The zero-order valence-corrected chi connectivity index (χ0v) is 16.2. The van der Waals surface area contributed by atoms with Crippen molar-refractivity contribution in [2.75, 3.05) is 6.26 Å². The molecule has 0 atom stereocenters. The highest BCUT2D eigenvalue weighted by molar-refractivity contribution is 14.0. The van der Waals surface area contributed by atoms with Crippen LogP contribution in [0.3, 0.4) is 0 Å². The zero-order chi connectivity index (χ0) is 15.2. The van der Waals surface area contributed by atoms with Gasteiger partial charge in [-0.1, -0.05) is 41.0 Å². The molecule has 2 rings (SSSR count). The third-order valence-corrected chi connectivity index (χ3v) is 3.55. The highest BCUT2D eigenvalue weighted by Gasteiger charge is 2.08. The van der Waals surface area contributed by atoms with E-state index in [4.69, 9.17) is 33.7 Å². The van der Waals surface area contributed by atoms with E-state index in [1.54, 1.807) is 18.2 Å². The summed E-state index contributed by atoms with van der Waals surface area (Å²) in [7, 11) is 0. The summed E-state index contributed by atoms with van der Waals surface area (Å²) in [6.45, 7) is 0.233. The highest BCUT2D eigenvalue weighted by Crippen LogP contribution is 2.25. The van der Waals surface area contributed by atoms with Gasteiger partial charge in [-0.2, -0.15) is 0 Å². The molecule has 2 aromatic rings. The number of nitrogens with two attached hydrogens (primary N) is 1. The van der Waals surface area contributed by atoms with Gasteiger partial charge in [-0.15, -0.1) is 24.0 Å². The van der Waals surface area contributed by atoms with Crippen LogP contribution in [-0.4, -0.2) is 21.4 Å². The maximum atomic E-state index is 6.09. The first-order valence-electron chi connectivity index (χ1n) is 5.86. The summed E-state index contributed by atoms with van der Waals surface area (Å²) < 4.78 is 5.62. The predicted octanol–water partition coefficient (Wildman–Crippen LogP) is 4.29.